The number of halogens is 1. The van der Waals surface area contributed by atoms with Gasteiger partial charge < -0.3 is 19.8 Å². The number of aromatic nitrogens is 1. The average Bonchev–Trinajstić information content (AvgIpc) is 2.77. The monoisotopic (exact) mass is 441 g/mol. The van der Waals surface area contributed by atoms with Crippen LogP contribution in [0.3, 0.4) is 0 Å². The predicted molar refractivity (Wildman–Crippen MR) is 121 cm³/mol. The molecule has 31 heavy (non-hydrogen) atoms. The van der Waals surface area contributed by atoms with Crippen molar-refractivity contribution in [3.05, 3.63) is 62.4 Å². The summed E-state index contributed by atoms with van der Waals surface area (Å²) in [4.78, 5) is 31.1. The number of aromatic amines is 1. The van der Waals surface area contributed by atoms with Crippen molar-refractivity contribution in [3.63, 3.8) is 0 Å². The van der Waals surface area contributed by atoms with Gasteiger partial charge >= 0.3 is 0 Å². The van der Waals surface area contributed by atoms with E-state index in [1.165, 1.54) is 7.11 Å². The van der Waals surface area contributed by atoms with Crippen LogP contribution in [0.5, 0.6) is 11.5 Å². The molecule has 1 aromatic heterocycles. The molecule has 1 aliphatic rings. The molecule has 2 aromatic carbocycles. The minimum atomic E-state index is -0.174. The lowest BCUT2D eigenvalue weighted by molar-refractivity contribution is -0.117. The predicted octanol–water partition coefficient (Wildman–Crippen LogP) is 3.50. The average molecular weight is 442 g/mol. The molecule has 1 aliphatic heterocycles. The molecule has 162 valence electrons. The van der Waals surface area contributed by atoms with E-state index < -0.39 is 0 Å². The molecule has 3 aromatic rings. The summed E-state index contributed by atoms with van der Waals surface area (Å²) < 4.78 is 10.5. The van der Waals surface area contributed by atoms with Gasteiger partial charge in [0.15, 0.2) is 5.43 Å². The molecule has 0 saturated carbocycles. The number of carbonyl (C=O) groups excluding carboxylic acids is 1. The Morgan fingerprint density at radius 1 is 1.23 bits per heavy atom. The summed E-state index contributed by atoms with van der Waals surface area (Å²) in [6.07, 6.45) is 0.658. The first-order chi connectivity index (χ1) is 14.9. The Labute approximate surface area is 184 Å². The van der Waals surface area contributed by atoms with Gasteiger partial charge in [-0.2, -0.15) is 0 Å². The van der Waals surface area contributed by atoms with Crippen molar-refractivity contribution >= 4 is 34.1 Å². The third kappa shape index (κ3) is 4.11. The van der Waals surface area contributed by atoms with Crippen LogP contribution in [0.1, 0.15) is 16.8 Å². The number of H-pyrrole nitrogens is 1. The van der Waals surface area contributed by atoms with E-state index in [1.807, 2.05) is 11.8 Å². The van der Waals surface area contributed by atoms with E-state index in [9.17, 15) is 9.59 Å². The number of hydrogen-bond donors (Lipinski definition) is 2. The number of benzene rings is 2. The first kappa shape index (κ1) is 21.2. The van der Waals surface area contributed by atoms with Gasteiger partial charge in [0.05, 0.1) is 32.0 Å². The number of aryl methyl sites for hydroxylation is 1. The molecule has 0 unspecified atom stereocenters. The molecular formula is C23H24ClN3O4. The zero-order valence-electron chi connectivity index (χ0n) is 17.7. The minimum absolute atomic E-state index is 0.00884. The summed E-state index contributed by atoms with van der Waals surface area (Å²) in [7, 11) is 3.11. The van der Waals surface area contributed by atoms with Crippen molar-refractivity contribution in [2.24, 2.45) is 0 Å². The van der Waals surface area contributed by atoms with E-state index in [1.54, 1.807) is 37.4 Å². The summed E-state index contributed by atoms with van der Waals surface area (Å²) in [5.74, 6) is 0.992. The van der Waals surface area contributed by atoms with Crippen molar-refractivity contribution in [1.82, 2.24) is 9.88 Å². The summed E-state index contributed by atoms with van der Waals surface area (Å²) >= 11 is 6.22. The second-order valence-corrected chi connectivity index (χ2v) is 7.99. The number of nitrogens with zero attached hydrogens (tertiary/aromatic N) is 1. The molecule has 0 atom stereocenters. The molecule has 1 amide bonds. The Bertz CT molecular complexity index is 1220. The lowest BCUT2D eigenvalue weighted by Gasteiger charge is -2.28. The van der Waals surface area contributed by atoms with E-state index >= 15 is 0 Å². The SMILES string of the molecule is COc1ccc(NC(=O)CN2CCc3[nH]c4c(C)c(Cl)ccc4c(=O)c3C2)c(OC)c1. The maximum absolute atomic E-state index is 13.1. The van der Waals surface area contributed by atoms with Gasteiger partial charge in [-0.15, -0.1) is 0 Å². The van der Waals surface area contributed by atoms with Gasteiger partial charge in [0, 0.05) is 47.2 Å². The number of amides is 1. The minimum Gasteiger partial charge on any atom is -0.497 e. The Morgan fingerprint density at radius 3 is 2.77 bits per heavy atom. The smallest absolute Gasteiger partial charge is 0.238 e. The highest BCUT2D eigenvalue weighted by Crippen LogP contribution is 2.29. The van der Waals surface area contributed by atoms with E-state index in [0.717, 1.165) is 16.8 Å². The second kappa shape index (κ2) is 8.61. The topological polar surface area (TPSA) is 83.7 Å². The van der Waals surface area contributed by atoms with Gasteiger partial charge in [0.2, 0.25) is 5.91 Å². The maximum atomic E-state index is 13.1. The number of ether oxygens (including phenoxy) is 2. The quantitative estimate of drug-likeness (QED) is 0.633. The molecule has 0 bridgehead atoms. The van der Waals surface area contributed by atoms with Gasteiger partial charge in [0.25, 0.3) is 0 Å². The van der Waals surface area contributed by atoms with Gasteiger partial charge in [-0.1, -0.05) is 11.6 Å². The Morgan fingerprint density at radius 2 is 2.03 bits per heavy atom. The van der Waals surface area contributed by atoms with Gasteiger partial charge in [-0.05, 0) is 36.8 Å². The Kier molecular flexibility index (Phi) is 5.89. The van der Waals surface area contributed by atoms with E-state index in [2.05, 4.69) is 10.3 Å². The highest BCUT2D eigenvalue weighted by atomic mass is 35.5. The molecule has 4 rings (SSSR count). The Balaban J connectivity index is 1.52. The molecule has 2 heterocycles. The van der Waals surface area contributed by atoms with Crippen molar-refractivity contribution in [1.29, 1.82) is 0 Å². The summed E-state index contributed by atoms with van der Waals surface area (Å²) in [6.45, 7) is 3.16. The fourth-order valence-electron chi connectivity index (χ4n) is 3.95. The van der Waals surface area contributed by atoms with Crippen LogP contribution >= 0.6 is 11.6 Å². The fourth-order valence-corrected chi connectivity index (χ4v) is 4.10. The molecule has 0 spiro atoms. The van der Waals surface area contributed by atoms with Crippen molar-refractivity contribution in [3.8, 4) is 11.5 Å². The lowest BCUT2D eigenvalue weighted by Crippen LogP contribution is -2.39. The molecule has 0 aliphatic carbocycles. The lowest BCUT2D eigenvalue weighted by atomic mass is 10.0. The molecule has 7 nitrogen and oxygen atoms in total. The van der Waals surface area contributed by atoms with Gasteiger partial charge in [-0.25, -0.2) is 0 Å². The van der Waals surface area contributed by atoms with Crippen LogP contribution in [0.25, 0.3) is 10.9 Å². The third-order valence-corrected chi connectivity index (χ3v) is 6.08. The first-order valence-corrected chi connectivity index (χ1v) is 10.4. The third-order valence-electron chi connectivity index (χ3n) is 5.67. The van der Waals surface area contributed by atoms with Crippen LogP contribution in [-0.2, 0) is 17.8 Å². The molecule has 0 radical (unpaired) electrons. The van der Waals surface area contributed by atoms with Crippen LogP contribution in [-0.4, -0.2) is 43.1 Å². The number of carbonyl (C=O) groups is 1. The highest BCUT2D eigenvalue weighted by Gasteiger charge is 2.23. The molecular weight excluding hydrogens is 418 g/mol. The molecule has 0 fully saturated rings. The van der Waals surface area contributed by atoms with Gasteiger partial charge in [0.1, 0.15) is 11.5 Å². The number of fused-ring (bicyclic) bond motifs is 2. The molecule has 2 N–H and O–H groups in total. The zero-order chi connectivity index (χ0) is 22.1. The zero-order valence-corrected chi connectivity index (χ0v) is 18.4. The first-order valence-electron chi connectivity index (χ1n) is 9.98. The fraction of sp³-hybridized carbons (Fsp3) is 0.304. The van der Waals surface area contributed by atoms with Crippen molar-refractivity contribution < 1.29 is 14.3 Å². The number of rotatable bonds is 5. The highest BCUT2D eigenvalue weighted by molar-refractivity contribution is 6.32. The van der Waals surface area contributed by atoms with Crippen LogP contribution in [0, 0.1) is 6.92 Å². The van der Waals surface area contributed by atoms with E-state index in [4.69, 9.17) is 21.1 Å². The summed E-state index contributed by atoms with van der Waals surface area (Å²) in [5, 5.41) is 4.13. The summed E-state index contributed by atoms with van der Waals surface area (Å²) in [5.41, 5.74) is 3.84. The van der Waals surface area contributed by atoms with Crippen LogP contribution < -0.4 is 20.2 Å². The van der Waals surface area contributed by atoms with Crippen molar-refractivity contribution in [2.45, 2.75) is 19.9 Å². The largest absolute Gasteiger partial charge is 0.497 e. The maximum Gasteiger partial charge on any atom is 0.238 e. The number of methoxy groups -OCH3 is 2. The standard InChI is InChI=1S/C23H24ClN3O4/c1-13-17(24)6-5-15-22(13)26-18-8-9-27(11-16(18)23(15)29)12-21(28)25-19-7-4-14(30-2)10-20(19)31-3/h4-7,10H,8-9,11-12H2,1-3H3,(H,25,28)(H,26,29). The number of pyridine rings is 1. The van der Waals surface area contributed by atoms with Crippen LogP contribution in [0.4, 0.5) is 5.69 Å². The van der Waals surface area contributed by atoms with Crippen LogP contribution in [0.15, 0.2) is 35.1 Å². The van der Waals surface area contributed by atoms with E-state index in [-0.39, 0.29) is 17.9 Å². The normalized spacial score (nSPS) is 13.7. The number of hydrogen-bond acceptors (Lipinski definition) is 5. The second-order valence-electron chi connectivity index (χ2n) is 7.58. The van der Waals surface area contributed by atoms with Crippen LogP contribution in [0.2, 0.25) is 5.02 Å². The number of anilines is 1. The number of nitrogens with one attached hydrogen (secondary N) is 2. The molecule has 8 heteroatoms. The Hall–Kier alpha value is -3.03. The summed E-state index contributed by atoms with van der Waals surface area (Å²) in [6, 6.07) is 8.72. The van der Waals surface area contributed by atoms with Crippen molar-refractivity contribution in [2.75, 3.05) is 32.6 Å². The molecule has 0 saturated heterocycles. The van der Waals surface area contributed by atoms with Gasteiger partial charge in [-0.3, -0.25) is 14.5 Å². The van der Waals surface area contributed by atoms with E-state index in [0.29, 0.717) is 52.7 Å².